The summed E-state index contributed by atoms with van der Waals surface area (Å²) < 4.78 is 0. The van der Waals surface area contributed by atoms with E-state index >= 15 is 0 Å². The molecule has 17 heavy (non-hydrogen) atoms. The van der Waals surface area contributed by atoms with E-state index in [2.05, 4.69) is 0 Å². The maximum Gasteiger partial charge on any atom is 0.587 e. The van der Waals surface area contributed by atoms with Gasteiger partial charge >= 0.3 is 6.29 Å². The number of benzene rings is 1. The minimum atomic E-state index is -2.66. The number of hydrazine groups is 1. The Balaban J connectivity index is 3.22. The molecule has 0 atom stereocenters. The molecule has 1 rings (SSSR count). The fraction of sp³-hybridized carbons (Fsp3) is 0.143. The fourth-order valence-corrected chi connectivity index (χ4v) is 1.15. The zero-order chi connectivity index (χ0) is 13.0. The summed E-state index contributed by atoms with van der Waals surface area (Å²) in [5.74, 6) is 0. The molecule has 0 N–H and O–H groups in total. The smallest absolute Gasteiger partial charge is 0.257 e. The predicted molar refractivity (Wildman–Crippen MR) is 53.7 cm³/mol. The van der Waals surface area contributed by atoms with Crippen LogP contribution in [0.3, 0.4) is 0 Å². The first kappa shape index (κ1) is 12.3. The molecule has 0 aliphatic rings. The summed E-state index contributed by atoms with van der Waals surface area (Å²) in [6, 6.07) is 6.62. The van der Waals surface area contributed by atoms with Crippen LogP contribution in [0.5, 0.6) is 0 Å². The van der Waals surface area contributed by atoms with Crippen LogP contribution in [0.1, 0.15) is 0 Å². The standard InChI is InChI=1S/C7H6N4O6/c12-9(13)7(10(14)15)8(11(16)17)6-4-2-1-3-5-6/h1-5,7H. The second-order valence-corrected chi connectivity index (χ2v) is 2.84. The monoisotopic (exact) mass is 242 g/mol. The molecule has 0 fully saturated rings. The molecule has 0 saturated heterocycles. The number of hydrogen-bond acceptors (Lipinski definition) is 6. The van der Waals surface area contributed by atoms with Crippen LogP contribution in [-0.2, 0) is 0 Å². The van der Waals surface area contributed by atoms with E-state index in [4.69, 9.17) is 0 Å². The Kier molecular flexibility index (Phi) is 3.49. The second kappa shape index (κ2) is 4.83. The molecule has 0 aliphatic carbocycles. The average molecular weight is 242 g/mol. The highest BCUT2D eigenvalue weighted by molar-refractivity contribution is 5.42. The van der Waals surface area contributed by atoms with Crippen molar-refractivity contribution in [2.75, 3.05) is 5.01 Å². The van der Waals surface area contributed by atoms with Gasteiger partial charge in [-0.25, -0.2) is 10.1 Å². The minimum absolute atomic E-state index is 0.111. The number of nitrogens with zero attached hydrogens (tertiary/aromatic N) is 4. The summed E-state index contributed by atoms with van der Waals surface area (Å²) in [6.07, 6.45) is -2.66. The van der Waals surface area contributed by atoms with Crippen molar-refractivity contribution in [1.82, 2.24) is 0 Å². The molecule has 1 aromatic carbocycles. The van der Waals surface area contributed by atoms with Crippen molar-refractivity contribution in [3.05, 3.63) is 60.7 Å². The Labute approximate surface area is 93.5 Å². The van der Waals surface area contributed by atoms with Gasteiger partial charge in [-0.15, -0.1) is 0 Å². The molecule has 0 saturated carbocycles. The van der Waals surface area contributed by atoms with Crippen LogP contribution in [0.25, 0.3) is 0 Å². The Morgan fingerprint density at radius 3 is 1.76 bits per heavy atom. The van der Waals surface area contributed by atoms with Crippen LogP contribution in [-0.4, -0.2) is 21.2 Å². The number of nitro groups is 3. The number of hydrogen-bond donors (Lipinski definition) is 0. The Morgan fingerprint density at radius 1 is 0.941 bits per heavy atom. The van der Waals surface area contributed by atoms with E-state index in [0.29, 0.717) is 0 Å². The zero-order valence-electron chi connectivity index (χ0n) is 8.20. The molecule has 0 aromatic heterocycles. The van der Waals surface area contributed by atoms with Crippen LogP contribution >= 0.6 is 0 Å². The van der Waals surface area contributed by atoms with Crippen LogP contribution in [0.4, 0.5) is 5.69 Å². The molecule has 1 aromatic rings. The number of para-hydroxylation sites is 1. The van der Waals surface area contributed by atoms with E-state index in [1.54, 1.807) is 0 Å². The topological polar surface area (TPSA) is 133 Å². The van der Waals surface area contributed by atoms with Crippen LogP contribution in [0, 0.1) is 30.3 Å². The van der Waals surface area contributed by atoms with E-state index in [-0.39, 0.29) is 10.7 Å². The van der Waals surface area contributed by atoms with Gasteiger partial charge in [0.2, 0.25) is 0 Å². The highest BCUT2D eigenvalue weighted by atomic mass is 16.7. The molecule has 0 amide bonds. The summed E-state index contributed by atoms with van der Waals surface area (Å²) in [5, 5.41) is 30.3. The third-order valence-electron chi connectivity index (χ3n) is 1.79. The van der Waals surface area contributed by atoms with Gasteiger partial charge in [-0.05, 0) is 12.1 Å². The van der Waals surface area contributed by atoms with Crippen LogP contribution < -0.4 is 5.01 Å². The second-order valence-electron chi connectivity index (χ2n) is 2.84. The van der Waals surface area contributed by atoms with Gasteiger partial charge in [0.25, 0.3) is 0 Å². The van der Waals surface area contributed by atoms with Crippen molar-refractivity contribution >= 4 is 5.69 Å². The van der Waals surface area contributed by atoms with Crippen molar-refractivity contribution in [2.24, 2.45) is 0 Å². The summed E-state index contributed by atoms with van der Waals surface area (Å²) in [6.45, 7) is 0. The lowest BCUT2D eigenvalue weighted by Gasteiger charge is -2.11. The maximum atomic E-state index is 10.7. The average Bonchev–Trinajstić information content (AvgIpc) is 2.25. The van der Waals surface area contributed by atoms with E-state index in [1.165, 1.54) is 30.3 Å². The first-order chi connectivity index (χ1) is 7.95. The summed E-state index contributed by atoms with van der Waals surface area (Å²) in [5.41, 5.74) is -0.240. The van der Waals surface area contributed by atoms with Crippen LogP contribution in [0.2, 0.25) is 0 Å². The van der Waals surface area contributed by atoms with E-state index in [9.17, 15) is 30.3 Å². The zero-order valence-corrected chi connectivity index (χ0v) is 8.20. The molecule has 0 bridgehead atoms. The summed E-state index contributed by atoms with van der Waals surface area (Å²) >= 11 is 0. The van der Waals surface area contributed by atoms with Crippen molar-refractivity contribution in [2.45, 2.75) is 6.29 Å². The Morgan fingerprint density at radius 2 is 1.41 bits per heavy atom. The lowest BCUT2D eigenvalue weighted by Crippen LogP contribution is -2.49. The molecule has 10 nitrogen and oxygen atoms in total. The summed E-state index contributed by atoms with van der Waals surface area (Å²) in [7, 11) is 0. The molecule has 10 heteroatoms. The number of rotatable bonds is 5. The van der Waals surface area contributed by atoms with E-state index < -0.39 is 21.2 Å². The molecule has 0 heterocycles. The fourth-order valence-electron chi connectivity index (χ4n) is 1.15. The molecular formula is C7H6N4O6. The SMILES string of the molecule is O=[N+]([O-])C(N(c1ccccc1)[N+](=O)[O-])[N+](=O)[O-]. The summed E-state index contributed by atoms with van der Waals surface area (Å²) in [4.78, 5) is 29.0. The predicted octanol–water partition coefficient (Wildman–Crippen LogP) is 0.522. The maximum absolute atomic E-state index is 10.7. The van der Waals surface area contributed by atoms with Crippen LogP contribution in [0.15, 0.2) is 30.3 Å². The molecule has 0 spiro atoms. The first-order valence-corrected chi connectivity index (χ1v) is 4.20. The van der Waals surface area contributed by atoms with Gasteiger partial charge in [0.05, 0.1) is 0 Å². The largest absolute Gasteiger partial charge is 0.587 e. The number of anilines is 1. The lowest BCUT2D eigenvalue weighted by molar-refractivity contribution is -0.773. The van der Waals surface area contributed by atoms with Gasteiger partial charge in [-0.3, -0.25) is 20.2 Å². The van der Waals surface area contributed by atoms with Crippen molar-refractivity contribution in [1.29, 1.82) is 0 Å². The molecule has 0 aliphatic heterocycles. The van der Waals surface area contributed by atoms with Crippen molar-refractivity contribution in [3.8, 4) is 0 Å². The quantitative estimate of drug-likeness (QED) is 0.417. The normalized spacial score (nSPS) is 9.94. The van der Waals surface area contributed by atoms with E-state index in [1.807, 2.05) is 0 Å². The van der Waals surface area contributed by atoms with Gasteiger partial charge in [0, 0.05) is 5.01 Å². The lowest BCUT2D eigenvalue weighted by atomic mass is 10.3. The molecule has 0 radical (unpaired) electrons. The van der Waals surface area contributed by atoms with Crippen molar-refractivity contribution in [3.63, 3.8) is 0 Å². The third kappa shape index (κ3) is 2.62. The van der Waals surface area contributed by atoms with Gasteiger partial charge in [-0.2, -0.15) is 0 Å². The molecule has 90 valence electrons. The minimum Gasteiger partial charge on any atom is -0.257 e. The highest BCUT2D eigenvalue weighted by Gasteiger charge is 2.48. The van der Waals surface area contributed by atoms with Gasteiger partial charge in [0.15, 0.2) is 5.03 Å². The molecular weight excluding hydrogens is 236 g/mol. The van der Waals surface area contributed by atoms with Gasteiger partial charge in [0.1, 0.15) is 15.5 Å². The highest BCUT2D eigenvalue weighted by Crippen LogP contribution is 2.17. The Hall–Kier alpha value is -2.78. The van der Waals surface area contributed by atoms with Gasteiger partial charge < -0.3 is 0 Å². The third-order valence-corrected chi connectivity index (χ3v) is 1.79. The Bertz CT molecular complexity index is 435. The van der Waals surface area contributed by atoms with Crippen molar-refractivity contribution < 1.29 is 14.9 Å². The first-order valence-electron chi connectivity index (χ1n) is 4.20. The van der Waals surface area contributed by atoms with E-state index in [0.717, 1.165) is 0 Å². The van der Waals surface area contributed by atoms with Gasteiger partial charge in [-0.1, -0.05) is 18.2 Å². The molecule has 0 unspecified atom stereocenters.